The molecule has 1 aliphatic carbocycles. The average Bonchev–Trinajstić information content (AvgIpc) is 2.81. The van der Waals surface area contributed by atoms with Crippen molar-refractivity contribution in [2.75, 3.05) is 13.2 Å². The summed E-state index contributed by atoms with van der Waals surface area (Å²) in [6, 6.07) is 17.0. The Kier molecular flexibility index (Phi) is 7.27. The summed E-state index contributed by atoms with van der Waals surface area (Å²) in [5.74, 6) is -3.39. The predicted molar refractivity (Wildman–Crippen MR) is 109 cm³/mol. The summed E-state index contributed by atoms with van der Waals surface area (Å²) in [5.41, 5.74) is 0.897. The topological polar surface area (TPSA) is 86.7 Å². The first kappa shape index (κ1) is 21.2. The van der Waals surface area contributed by atoms with Crippen molar-refractivity contribution in [3.63, 3.8) is 0 Å². The molecule has 0 saturated heterocycles. The molecule has 0 heterocycles. The third kappa shape index (κ3) is 5.50. The monoisotopic (exact) mass is 406 g/mol. The van der Waals surface area contributed by atoms with Crippen molar-refractivity contribution in [2.24, 2.45) is 11.8 Å². The van der Waals surface area contributed by atoms with E-state index in [4.69, 9.17) is 9.47 Å². The zero-order chi connectivity index (χ0) is 21.3. The van der Waals surface area contributed by atoms with E-state index in [9.17, 15) is 19.2 Å². The summed E-state index contributed by atoms with van der Waals surface area (Å²) in [4.78, 5) is 49.3. The molecule has 0 aliphatic heterocycles. The van der Waals surface area contributed by atoms with Crippen LogP contribution in [0.4, 0.5) is 0 Å². The van der Waals surface area contributed by atoms with Crippen molar-refractivity contribution in [1.29, 1.82) is 0 Å². The van der Waals surface area contributed by atoms with Crippen LogP contribution in [0.15, 0.2) is 72.8 Å². The molecule has 0 N–H and O–H groups in total. The Labute approximate surface area is 174 Å². The fourth-order valence-electron chi connectivity index (χ4n) is 3.24. The quantitative estimate of drug-likeness (QED) is 0.379. The van der Waals surface area contributed by atoms with Crippen molar-refractivity contribution in [2.45, 2.75) is 12.8 Å². The van der Waals surface area contributed by atoms with E-state index in [0.29, 0.717) is 24.0 Å². The van der Waals surface area contributed by atoms with Gasteiger partial charge in [-0.05, 0) is 12.8 Å². The van der Waals surface area contributed by atoms with Crippen molar-refractivity contribution < 1.29 is 28.7 Å². The van der Waals surface area contributed by atoms with E-state index in [1.54, 1.807) is 72.8 Å². The number of benzene rings is 2. The van der Waals surface area contributed by atoms with E-state index < -0.39 is 37.0 Å². The number of carbonyl (C=O) groups excluding carboxylic acids is 4. The van der Waals surface area contributed by atoms with Crippen LogP contribution >= 0.6 is 0 Å². The SMILES string of the molecule is O=C(COC(=O)C1CC=CCC1C(=O)OCC(=O)c1ccccc1)c1ccccc1. The number of carbonyl (C=O) groups is 4. The van der Waals surface area contributed by atoms with Crippen molar-refractivity contribution in [3.8, 4) is 0 Å². The normalized spacial score (nSPS) is 17.7. The van der Waals surface area contributed by atoms with Crippen LogP contribution in [0, 0.1) is 11.8 Å². The van der Waals surface area contributed by atoms with E-state index in [1.807, 2.05) is 0 Å². The highest BCUT2D eigenvalue weighted by atomic mass is 16.5. The first-order valence-electron chi connectivity index (χ1n) is 9.71. The molecule has 0 spiro atoms. The van der Waals surface area contributed by atoms with Gasteiger partial charge in [0.15, 0.2) is 24.8 Å². The minimum Gasteiger partial charge on any atom is -0.457 e. The van der Waals surface area contributed by atoms with E-state index in [0.717, 1.165) is 0 Å². The Morgan fingerprint density at radius 2 is 1.00 bits per heavy atom. The van der Waals surface area contributed by atoms with Gasteiger partial charge in [0.25, 0.3) is 0 Å². The molecule has 154 valence electrons. The number of hydrogen-bond donors (Lipinski definition) is 0. The molecule has 2 unspecified atom stereocenters. The number of hydrogen-bond acceptors (Lipinski definition) is 6. The summed E-state index contributed by atoms with van der Waals surface area (Å²) in [5, 5.41) is 0. The van der Waals surface area contributed by atoms with Gasteiger partial charge in [0.05, 0.1) is 11.8 Å². The smallest absolute Gasteiger partial charge is 0.310 e. The molecule has 2 atom stereocenters. The summed E-state index contributed by atoms with van der Waals surface area (Å²) in [6.45, 7) is -0.783. The zero-order valence-electron chi connectivity index (χ0n) is 16.4. The second kappa shape index (κ2) is 10.3. The average molecular weight is 406 g/mol. The minimum atomic E-state index is -0.752. The number of ether oxygens (including phenoxy) is 2. The molecule has 2 aromatic carbocycles. The maximum Gasteiger partial charge on any atom is 0.310 e. The summed E-state index contributed by atoms with van der Waals surface area (Å²) in [6.07, 6.45) is 4.21. The molecule has 1 aliphatic rings. The van der Waals surface area contributed by atoms with Crippen molar-refractivity contribution in [1.82, 2.24) is 0 Å². The molecular formula is C24H22O6. The standard InChI is InChI=1S/C24H22O6/c25-21(17-9-3-1-4-10-17)15-29-23(27)19-13-7-8-14-20(19)24(28)30-16-22(26)18-11-5-2-6-12-18/h1-12,19-20H,13-16H2. The Bertz CT molecular complexity index is 855. The van der Waals surface area contributed by atoms with Crippen LogP contribution in [0.2, 0.25) is 0 Å². The molecule has 3 rings (SSSR count). The van der Waals surface area contributed by atoms with E-state index in [-0.39, 0.29) is 11.6 Å². The number of esters is 2. The van der Waals surface area contributed by atoms with Crippen LogP contribution in [0.1, 0.15) is 33.6 Å². The van der Waals surface area contributed by atoms with Crippen LogP contribution in [-0.4, -0.2) is 36.7 Å². The van der Waals surface area contributed by atoms with Gasteiger partial charge in [0, 0.05) is 11.1 Å². The Balaban J connectivity index is 1.55. The van der Waals surface area contributed by atoms with Gasteiger partial charge in [-0.1, -0.05) is 72.8 Å². The van der Waals surface area contributed by atoms with Crippen molar-refractivity contribution >= 4 is 23.5 Å². The van der Waals surface area contributed by atoms with Crippen LogP contribution < -0.4 is 0 Å². The molecule has 2 aromatic rings. The van der Waals surface area contributed by atoms with Gasteiger partial charge in [-0.15, -0.1) is 0 Å². The molecular weight excluding hydrogens is 384 g/mol. The summed E-state index contributed by atoms with van der Waals surface area (Å²) < 4.78 is 10.4. The summed E-state index contributed by atoms with van der Waals surface area (Å²) >= 11 is 0. The number of ketones is 2. The molecule has 0 bridgehead atoms. The van der Waals surface area contributed by atoms with E-state index in [2.05, 4.69) is 0 Å². The second-order valence-corrected chi connectivity index (χ2v) is 6.95. The van der Waals surface area contributed by atoms with Gasteiger partial charge in [0.1, 0.15) is 0 Å². The molecule has 6 heteroatoms. The maximum absolute atomic E-state index is 12.5. The molecule has 0 saturated carbocycles. The van der Waals surface area contributed by atoms with Gasteiger partial charge in [-0.3, -0.25) is 19.2 Å². The van der Waals surface area contributed by atoms with Crippen LogP contribution in [-0.2, 0) is 19.1 Å². The largest absolute Gasteiger partial charge is 0.457 e. The Morgan fingerprint density at radius 3 is 1.37 bits per heavy atom. The van der Waals surface area contributed by atoms with Gasteiger partial charge < -0.3 is 9.47 Å². The number of rotatable bonds is 8. The molecule has 30 heavy (non-hydrogen) atoms. The molecule has 0 fully saturated rings. The maximum atomic E-state index is 12.5. The van der Waals surface area contributed by atoms with Crippen molar-refractivity contribution in [3.05, 3.63) is 83.9 Å². The van der Waals surface area contributed by atoms with E-state index >= 15 is 0 Å². The third-order valence-corrected chi connectivity index (χ3v) is 4.92. The van der Waals surface area contributed by atoms with Crippen LogP contribution in [0.25, 0.3) is 0 Å². The molecule has 6 nitrogen and oxygen atoms in total. The third-order valence-electron chi connectivity index (χ3n) is 4.92. The first-order valence-corrected chi connectivity index (χ1v) is 9.71. The van der Waals surface area contributed by atoms with E-state index in [1.165, 1.54) is 0 Å². The van der Waals surface area contributed by atoms with Gasteiger partial charge in [0.2, 0.25) is 0 Å². The lowest BCUT2D eigenvalue weighted by Gasteiger charge is -2.25. The predicted octanol–water partition coefficient (Wildman–Crippen LogP) is 3.42. The fourth-order valence-corrected chi connectivity index (χ4v) is 3.24. The Morgan fingerprint density at radius 1 is 0.633 bits per heavy atom. The number of allylic oxidation sites excluding steroid dienone is 2. The second-order valence-electron chi connectivity index (χ2n) is 6.95. The van der Waals surface area contributed by atoms with Crippen LogP contribution in [0.5, 0.6) is 0 Å². The Hall–Kier alpha value is -3.54. The fraction of sp³-hybridized carbons (Fsp3) is 0.250. The van der Waals surface area contributed by atoms with Gasteiger partial charge in [-0.25, -0.2) is 0 Å². The highest BCUT2D eigenvalue weighted by Crippen LogP contribution is 2.28. The summed E-state index contributed by atoms with van der Waals surface area (Å²) in [7, 11) is 0. The highest BCUT2D eigenvalue weighted by molar-refractivity contribution is 5.99. The lowest BCUT2D eigenvalue weighted by molar-refractivity contribution is -0.159. The van der Waals surface area contributed by atoms with Gasteiger partial charge >= 0.3 is 11.9 Å². The molecule has 0 aromatic heterocycles. The highest BCUT2D eigenvalue weighted by Gasteiger charge is 2.36. The number of Topliss-reactive ketones (excluding diaryl/α,β-unsaturated/α-hetero) is 2. The lowest BCUT2D eigenvalue weighted by Crippen LogP contribution is -2.35. The first-order chi connectivity index (χ1) is 14.6. The zero-order valence-corrected chi connectivity index (χ0v) is 16.4. The molecule has 0 radical (unpaired) electrons. The van der Waals surface area contributed by atoms with Crippen LogP contribution in [0.3, 0.4) is 0 Å². The lowest BCUT2D eigenvalue weighted by atomic mass is 9.83. The minimum absolute atomic E-state index is 0.310. The van der Waals surface area contributed by atoms with Gasteiger partial charge in [-0.2, -0.15) is 0 Å². The molecule has 0 amide bonds.